The Kier molecular flexibility index (Phi) is 4.79. The number of ether oxygens (including phenoxy) is 1. The fourth-order valence-corrected chi connectivity index (χ4v) is 4.72. The molecule has 3 N–H and O–H groups in total. The normalized spacial score (nSPS) is 18.6. The number of carboxylic acids is 1. The Bertz CT molecular complexity index is 1150. The third kappa shape index (κ3) is 3.31. The minimum absolute atomic E-state index is 0.0179. The van der Waals surface area contributed by atoms with Gasteiger partial charge in [0.05, 0.1) is 36.3 Å². The Labute approximate surface area is 176 Å². The fourth-order valence-electron chi connectivity index (χ4n) is 3.71. The number of benzene rings is 2. The number of amides is 1. The van der Waals surface area contributed by atoms with Gasteiger partial charge in [-0.2, -0.15) is 0 Å². The molecule has 1 aliphatic rings. The average molecular weight is 426 g/mol. The van der Waals surface area contributed by atoms with Gasteiger partial charge in [-0.15, -0.1) is 11.3 Å². The summed E-state index contributed by atoms with van der Waals surface area (Å²) in [4.78, 5) is 40.7. The molecule has 30 heavy (non-hydrogen) atoms. The van der Waals surface area contributed by atoms with Crippen LogP contribution in [-0.4, -0.2) is 47.9 Å². The third-order valence-electron chi connectivity index (χ3n) is 5.38. The number of likely N-dealkylation sites (N-methyl/N-ethyl adjacent to an activating group) is 1. The predicted molar refractivity (Wildman–Crippen MR) is 113 cm³/mol. The summed E-state index contributed by atoms with van der Waals surface area (Å²) in [6, 6.07) is 11.3. The van der Waals surface area contributed by atoms with Crippen LogP contribution in [-0.2, 0) is 9.59 Å². The molecular formula is C21H20N3O5S+. The van der Waals surface area contributed by atoms with Crippen LogP contribution in [0, 0.1) is 0 Å². The molecule has 3 aromatic rings. The van der Waals surface area contributed by atoms with Crippen LogP contribution in [0.3, 0.4) is 0 Å². The number of carbonyl (C=O) groups is 3. The number of nitrogens with two attached hydrogens (primary N) is 1. The van der Waals surface area contributed by atoms with Crippen molar-refractivity contribution in [3.8, 4) is 5.75 Å². The van der Waals surface area contributed by atoms with Gasteiger partial charge in [0.25, 0.3) is 5.91 Å². The van der Waals surface area contributed by atoms with Crippen molar-refractivity contribution in [1.29, 1.82) is 0 Å². The molecule has 1 aromatic heterocycles. The van der Waals surface area contributed by atoms with Crippen LogP contribution >= 0.6 is 11.3 Å². The molecule has 1 amide bonds. The van der Waals surface area contributed by atoms with Gasteiger partial charge in [-0.1, -0.05) is 12.1 Å². The summed E-state index contributed by atoms with van der Waals surface area (Å²) >= 11 is 1.31. The molecule has 2 aromatic carbocycles. The Morgan fingerprint density at radius 3 is 2.67 bits per heavy atom. The lowest BCUT2D eigenvalue weighted by atomic mass is 9.92. The van der Waals surface area contributed by atoms with Crippen molar-refractivity contribution in [3.63, 3.8) is 0 Å². The van der Waals surface area contributed by atoms with Crippen molar-refractivity contribution in [3.05, 3.63) is 53.0 Å². The van der Waals surface area contributed by atoms with E-state index in [1.54, 1.807) is 32.3 Å². The summed E-state index contributed by atoms with van der Waals surface area (Å²) in [5.41, 5.74) is 7.28. The van der Waals surface area contributed by atoms with E-state index in [1.165, 1.54) is 11.3 Å². The summed E-state index contributed by atoms with van der Waals surface area (Å²) in [5.74, 6) is -1.67. The van der Waals surface area contributed by atoms with E-state index in [-0.39, 0.29) is 16.7 Å². The zero-order chi connectivity index (χ0) is 21.6. The van der Waals surface area contributed by atoms with Gasteiger partial charge in [0.1, 0.15) is 16.4 Å². The van der Waals surface area contributed by atoms with Crippen molar-refractivity contribution < 1.29 is 24.2 Å². The van der Waals surface area contributed by atoms with Crippen molar-refractivity contribution in [1.82, 2.24) is 9.47 Å². The molecule has 0 fully saturated rings. The van der Waals surface area contributed by atoms with Gasteiger partial charge in [-0.3, -0.25) is 14.1 Å². The maximum Gasteiger partial charge on any atom is 0.363 e. The summed E-state index contributed by atoms with van der Waals surface area (Å²) in [6.45, 7) is 0. The molecule has 154 valence electrons. The lowest BCUT2D eigenvalue weighted by Gasteiger charge is -2.39. The number of carboxylic acid groups (broad SMARTS) is 1. The number of rotatable bonds is 5. The first-order chi connectivity index (χ1) is 14.2. The molecular weight excluding hydrogens is 406 g/mol. The highest BCUT2D eigenvalue weighted by Gasteiger charge is 2.45. The monoisotopic (exact) mass is 426 g/mol. The van der Waals surface area contributed by atoms with E-state index in [2.05, 4.69) is 4.98 Å². The molecule has 9 heteroatoms. The molecule has 4 rings (SSSR count). The topological polar surface area (TPSA) is 120 Å². The molecule has 0 spiro atoms. The van der Waals surface area contributed by atoms with E-state index >= 15 is 0 Å². The molecule has 8 nitrogen and oxygen atoms in total. The maximum absolute atomic E-state index is 12.5. The first kappa shape index (κ1) is 20.0. The number of Topliss-reactive ketones (excluding diaryl/α,β-unsaturated/α-hetero) is 1. The fraction of sp³-hybridized carbons (Fsp3) is 0.238. The van der Waals surface area contributed by atoms with Gasteiger partial charge in [-0.05, 0) is 24.3 Å². The van der Waals surface area contributed by atoms with E-state index in [4.69, 9.17) is 10.5 Å². The number of hydrogen-bond acceptors (Lipinski definition) is 6. The number of thiazole rings is 1. The zero-order valence-electron chi connectivity index (χ0n) is 16.4. The SMILES string of the molecule is C[N+]1(C)c2cc(OC(C(N)=O)c3nc4ccccc4s3)ccc2C(=O)CC1C(=O)O. The minimum Gasteiger partial charge on any atom is -0.477 e. The van der Waals surface area contributed by atoms with Crippen molar-refractivity contribution in [2.45, 2.75) is 18.6 Å². The second-order valence-corrected chi connectivity index (χ2v) is 8.68. The number of fused-ring (bicyclic) bond motifs is 2. The van der Waals surface area contributed by atoms with Gasteiger partial charge < -0.3 is 15.6 Å². The van der Waals surface area contributed by atoms with Crippen LogP contribution in [0.4, 0.5) is 5.69 Å². The summed E-state index contributed by atoms with van der Waals surface area (Å²) in [6.07, 6.45) is -1.18. The highest BCUT2D eigenvalue weighted by molar-refractivity contribution is 7.18. The number of hydrogen-bond donors (Lipinski definition) is 2. The molecule has 0 saturated carbocycles. The van der Waals surface area contributed by atoms with Crippen LogP contribution in [0.2, 0.25) is 0 Å². The molecule has 1 aliphatic heterocycles. The largest absolute Gasteiger partial charge is 0.477 e. The Morgan fingerprint density at radius 1 is 1.27 bits per heavy atom. The van der Waals surface area contributed by atoms with E-state index in [9.17, 15) is 19.5 Å². The van der Waals surface area contributed by atoms with Gasteiger partial charge >= 0.3 is 5.97 Å². The summed E-state index contributed by atoms with van der Waals surface area (Å²) < 4.78 is 6.77. The van der Waals surface area contributed by atoms with Crippen molar-refractivity contribution in [2.75, 3.05) is 14.1 Å². The van der Waals surface area contributed by atoms with Crippen LogP contribution in [0.15, 0.2) is 42.5 Å². The molecule has 0 saturated heterocycles. The van der Waals surface area contributed by atoms with E-state index in [0.29, 0.717) is 22.0 Å². The van der Waals surface area contributed by atoms with E-state index < -0.39 is 24.0 Å². The highest BCUT2D eigenvalue weighted by atomic mass is 32.1. The van der Waals surface area contributed by atoms with Gasteiger partial charge in [0.2, 0.25) is 6.10 Å². The van der Waals surface area contributed by atoms with Crippen LogP contribution < -0.4 is 15.0 Å². The number of aliphatic carboxylic acids is 1. The molecule has 2 unspecified atom stereocenters. The molecule has 2 heterocycles. The van der Waals surface area contributed by atoms with E-state index in [0.717, 1.165) is 10.2 Å². The number of para-hydroxylation sites is 1. The van der Waals surface area contributed by atoms with Gasteiger partial charge in [0.15, 0.2) is 11.8 Å². The number of nitrogens with zero attached hydrogens (tertiary/aromatic N) is 2. The molecule has 0 radical (unpaired) electrons. The standard InChI is InChI=1S/C21H19N3O5S/c1-24(2)14-9-11(7-8-12(14)16(25)10-15(24)21(27)28)29-18(19(22)26)20-23-13-5-3-4-6-17(13)30-20/h3-9,15,18H,10H2,1-2H3,(H2-,22,26,27,28)/p+1. The Balaban J connectivity index is 1.72. The number of ketones is 1. The second-order valence-electron chi connectivity index (χ2n) is 7.62. The Hall–Kier alpha value is -3.30. The van der Waals surface area contributed by atoms with Gasteiger partial charge in [-0.25, -0.2) is 9.78 Å². The molecule has 0 aliphatic carbocycles. The predicted octanol–water partition coefficient (Wildman–Crippen LogP) is 2.51. The first-order valence-electron chi connectivity index (χ1n) is 9.24. The summed E-state index contributed by atoms with van der Waals surface area (Å²) in [7, 11) is 3.46. The highest BCUT2D eigenvalue weighted by Crippen LogP contribution is 2.38. The third-order valence-corrected chi connectivity index (χ3v) is 6.46. The number of quaternary nitrogens is 1. The molecule has 0 bridgehead atoms. The minimum atomic E-state index is -1.11. The maximum atomic E-state index is 12.5. The molecule has 2 atom stereocenters. The van der Waals surface area contributed by atoms with Crippen molar-refractivity contribution >= 4 is 44.9 Å². The van der Waals surface area contributed by atoms with Crippen molar-refractivity contribution in [2.24, 2.45) is 5.73 Å². The van der Waals surface area contributed by atoms with Gasteiger partial charge in [0, 0.05) is 6.07 Å². The Morgan fingerprint density at radius 2 is 2.00 bits per heavy atom. The number of primary amides is 1. The quantitative estimate of drug-likeness (QED) is 0.605. The zero-order valence-corrected chi connectivity index (χ0v) is 17.2. The lowest BCUT2D eigenvalue weighted by molar-refractivity contribution is -0.142. The summed E-state index contributed by atoms with van der Waals surface area (Å²) in [5, 5.41) is 9.98. The first-order valence-corrected chi connectivity index (χ1v) is 10.1. The average Bonchev–Trinajstić information content (AvgIpc) is 3.12. The van der Waals surface area contributed by atoms with Crippen LogP contribution in [0.5, 0.6) is 5.75 Å². The van der Waals surface area contributed by atoms with E-state index in [1.807, 2.05) is 24.3 Å². The number of carbonyl (C=O) groups excluding carboxylic acids is 2. The van der Waals surface area contributed by atoms with Crippen LogP contribution in [0.1, 0.15) is 27.9 Å². The smallest absolute Gasteiger partial charge is 0.363 e. The number of aromatic nitrogens is 1. The van der Waals surface area contributed by atoms with Crippen LogP contribution in [0.25, 0.3) is 10.2 Å². The second kappa shape index (κ2) is 7.19. The lowest BCUT2D eigenvalue weighted by Crippen LogP contribution is -2.57.